The van der Waals surface area contributed by atoms with Crippen molar-refractivity contribution < 1.29 is 19.1 Å². The highest BCUT2D eigenvalue weighted by Crippen LogP contribution is 2.25. The Labute approximate surface area is 183 Å². The average Bonchev–Trinajstić information content (AvgIpc) is 3.29. The Bertz CT molecular complexity index is 933. The van der Waals surface area contributed by atoms with Gasteiger partial charge >= 0.3 is 0 Å². The summed E-state index contributed by atoms with van der Waals surface area (Å²) in [6.45, 7) is 3.66. The van der Waals surface area contributed by atoms with Gasteiger partial charge in [-0.2, -0.15) is 0 Å². The number of nitrogens with zero attached hydrogens (tertiary/aromatic N) is 1. The number of benzene rings is 2. The van der Waals surface area contributed by atoms with Gasteiger partial charge in [0.2, 0.25) is 5.91 Å². The van der Waals surface area contributed by atoms with Crippen molar-refractivity contribution >= 4 is 11.8 Å². The normalized spacial score (nSPS) is 15.2. The summed E-state index contributed by atoms with van der Waals surface area (Å²) in [5.74, 6) is 3.42. The molecule has 1 heterocycles. The lowest BCUT2D eigenvalue weighted by Crippen LogP contribution is -2.46. The fraction of sp³-hybridized carbons (Fsp3) is 0.360. The summed E-state index contributed by atoms with van der Waals surface area (Å²) in [7, 11) is 0. The number of carbonyl (C=O) groups is 2. The number of para-hydroxylation sites is 1. The Balaban J connectivity index is 1.55. The molecule has 31 heavy (non-hydrogen) atoms. The Morgan fingerprint density at radius 2 is 1.94 bits per heavy atom. The van der Waals surface area contributed by atoms with E-state index in [0.29, 0.717) is 43.9 Å². The van der Waals surface area contributed by atoms with Crippen LogP contribution in [-0.4, -0.2) is 49.1 Å². The molecule has 2 amide bonds. The number of ether oxygens (including phenoxy) is 2. The molecule has 3 rings (SSSR count). The molecule has 1 N–H and O–H groups in total. The first-order valence-electron chi connectivity index (χ1n) is 10.6. The van der Waals surface area contributed by atoms with Crippen molar-refractivity contribution in [3.8, 4) is 23.8 Å². The molecule has 1 atom stereocenters. The van der Waals surface area contributed by atoms with Crippen LogP contribution in [-0.2, 0) is 11.2 Å². The quantitative estimate of drug-likeness (QED) is 0.633. The van der Waals surface area contributed by atoms with Gasteiger partial charge in [-0.25, -0.2) is 0 Å². The van der Waals surface area contributed by atoms with E-state index in [0.717, 1.165) is 17.7 Å². The number of nitrogens with one attached hydrogen (secondary N) is 1. The summed E-state index contributed by atoms with van der Waals surface area (Å²) >= 11 is 0. The molecule has 1 aliphatic rings. The largest absolute Gasteiger partial charge is 0.493 e. The van der Waals surface area contributed by atoms with Crippen molar-refractivity contribution in [1.82, 2.24) is 10.2 Å². The molecule has 0 saturated carbocycles. The van der Waals surface area contributed by atoms with Gasteiger partial charge in [-0.3, -0.25) is 9.59 Å². The van der Waals surface area contributed by atoms with Gasteiger partial charge in [-0.05, 0) is 56.0 Å². The van der Waals surface area contributed by atoms with E-state index in [1.807, 2.05) is 43.3 Å². The third kappa shape index (κ3) is 5.79. The Morgan fingerprint density at radius 3 is 2.68 bits per heavy atom. The van der Waals surface area contributed by atoms with E-state index in [9.17, 15) is 9.59 Å². The molecule has 0 bridgehead atoms. The Hall–Kier alpha value is -3.46. The average molecular weight is 421 g/mol. The second-order valence-corrected chi connectivity index (χ2v) is 7.26. The number of rotatable bonds is 9. The fourth-order valence-electron chi connectivity index (χ4n) is 3.69. The highest BCUT2D eigenvalue weighted by atomic mass is 16.5. The highest BCUT2D eigenvalue weighted by molar-refractivity contribution is 6.00. The van der Waals surface area contributed by atoms with E-state index in [1.54, 1.807) is 17.0 Å². The lowest BCUT2D eigenvalue weighted by atomic mass is 10.1. The molecular weight excluding hydrogens is 392 g/mol. The maximum absolute atomic E-state index is 13.1. The Morgan fingerprint density at radius 1 is 1.16 bits per heavy atom. The van der Waals surface area contributed by atoms with Crippen molar-refractivity contribution in [3.63, 3.8) is 0 Å². The summed E-state index contributed by atoms with van der Waals surface area (Å²) < 4.78 is 11.0. The van der Waals surface area contributed by atoms with Crippen molar-refractivity contribution in [2.75, 3.05) is 26.3 Å². The summed E-state index contributed by atoms with van der Waals surface area (Å²) in [5.41, 5.74) is 1.58. The molecular formula is C25H28N2O4. The zero-order valence-corrected chi connectivity index (χ0v) is 17.8. The van der Waals surface area contributed by atoms with Crippen LogP contribution in [0.15, 0.2) is 48.5 Å². The number of amides is 2. The summed E-state index contributed by atoms with van der Waals surface area (Å²) in [6.07, 6.45) is 7.35. The monoisotopic (exact) mass is 420 g/mol. The molecule has 0 aromatic heterocycles. The van der Waals surface area contributed by atoms with E-state index in [1.165, 1.54) is 0 Å². The van der Waals surface area contributed by atoms with Gasteiger partial charge in [0.15, 0.2) is 0 Å². The smallest absolute Gasteiger partial charge is 0.258 e. The molecule has 2 aromatic carbocycles. The standard InChI is InChI=1S/C25H28N2O4/c1-3-18-31-20-13-11-19(12-14-20)15-16-26-24(28)22-9-7-17-27(22)25(29)21-8-5-6-10-23(21)30-4-2/h1,5-6,8,10-14,22H,4,7,9,15-18H2,2H3,(H,26,28). The molecule has 0 radical (unpaired) electrons. The topological polar surface area (TPSA) is 67.9 Å². The molecule has 1 saturated heterocycles. The van der Waals surface area contributed by atoms with E-state index in [2.05, 4.69) is 11.2 Å². The van der Waals surface area contributed by atoms with Crippen LogP contribution in [0.5, 0.6) is 11.5 Å². The SMILES string of the molecule is C#CCOc1ccc(CCNC(=O)C2CCCN2C(=O)c2ccccc2OCC)cc1. The molecule has 2 aromatic rings. The molecule has 0 spiro atoms. The van der Waals surface area contributed by atoms with Gasteiger partial charge in [0, 0.05) is 13.1 Å². The second kappa shape index (κ2) is 11.1. The van der Waals surface area contributed by atoms with Gasteiger partial charge in [-0.15, -0.1) is 6.42 Å². The van der Waals surface area contributed by atoms with Crippen LogP contribution in [0, 0.1) is 12.3 Å². The first-order chi connectivity index (χ1) is 15.1. The molecule has 6 nitrogen and oxygen atoms in total. The minimum Gasteiger partial charge on any atom is -0.493 e. The summed E-state index contributed by atoms with van der Waals surface area (Å²) in [5, 5.41) is 2.98. The van der Waals surface area contributed by atoms with Crippen molar-refractivity contribution in [2.45, 2.75) is 32.2 Å². The maximum Gasteiger partial charge on any atom is 0.258 e. The first-order valence-corrected chi connectivity index (χ1v) is 10.6. The lowest BCUT2D eigenvalue weighted by molar-refractivity contribution is -0.124. The zero-order valence-electron chi connectivity index (χ0n) is 17.8. The van der Waals surface area contributed by atoms with E-state index >= 15 is 0 Å². The molecule has 1 unspecified atom stereocenters. The van der Waals surface area contributed by atoms with E-state index in [-0.39, 0.29) is 18.4 Å². The number of hydrogen-bond acceptors (Lipinski definition) is 4. The number of hydrogen-bond donors (Lipinski definition) is 1. The predicted molar refractivity (Wildman–Crippen MR) is 119 cm³/mol. The van der Waals surface area contributed by atoms with Crippen LogP contribution in [0.25, 0.3) is 0 Å². The van der Waals surface area contributed by atoms with Gasteiger partial charge in [0.25, 0.3) is 5.91 Å². The van der Waals surface area contributed by atoms with E-state index in [4.69, 9.17) is 15.9 Å². The second-order valence-electron chi connectivity index (χ2n) is 7.26. The Kier molecular flexibility index (Phi) is 7.94. The van der Waals surface area contributed by atoms with Crippen LogP contribution < -0.4 is 14.8 Å². The molecule has 1 aliphatic heterocycles. The van der Waals surface area contributed by atoms with E-state index < -0.39 is 6.04 Å². The van der Waals surface area contributed by atoms with Gasteiger partial charge in [-0.1, -0.05) is 30.2 Å². The van der Waals surface area contributed by atoms with Crippen LogP contribution in [0.4, 0.5) is 0 Å². The third-order valence-electron chi connectivity index (χ3n) is 5.19. The number of carbonyl (C=O) groups excluding carboxylic acids is 2. The fourth-order valence-corrected chi connectivity index (χ4v) is 3.69. The molecule has 162 valence electrons. The minimum atomic E-state index is -0.457. The zero-order chi connectivity index (χ0) is 22.1. The first kappa shape index (κ1) is 22.2. The van der Waals surface area contributed by atoms with Crippen molar-refractivity contribution in [1.29, 1.82) is 0 Å². The summed E-state index contributed by atoms with van der Waals surface area (Å²) in [6, 6.07) is 14.4. The van der Waals surface area contributed by atoms with Gasteiger partial charge < -0.3 is 19.7 Å². The van der Waals surface area contributed by atoms with Crippen LogP contribution >= 0.6 is 0 Å². The predicted octanol–water partition coefficient (Wildman–Crippen LogP) is 3.06. The summed E-state index contributed by atoms with van der Waals surface area (Å²) in [4.78, 5) is 27.5. The maximum atomic E-state index is 13.1. The molecule has 1 fully saturated rings. The number of likely N-dealkylation sites (tertiary alicyclic amines) is 1. The lowest BCUT2D eigenvalue weighted by Gasteiger charge is -2.25. The molecule has 6 heteroatoms. The van der Waals surface area contributed by atoms with Crippen LogP contribution in [0.3, 0.4) is 0 Å². The van der Waals surface area contributed by atoms with Crippen molar-refractivity contribution in [3.05, 3.63) is 59.7 Å². The third-order valence-corrected chi connectivity index (χ3v) is 5.19. The molecule has 0 aliphatic carbocycles. The number of terminal acetylenes is 1. The van der Waals surface area contributed by atoms with Crippen LogP contribution in [0.1, 0.15) is 35.7 Å². The van der Waals surface area contributed by atoms with Gasteiger partial charge in [0.1, 0.15) is 24.1 Å². The highest BCUT2D eigenvalue weighted by Gasteiger charge is 2.35. The van der Waals surface area contributed by atoms with Crippen molar-refractivity contribution in [2.24, 2.45) is 0 Å². The van der Waals surface area contributed by atoms with Crippen LogP contribution in [0.2, 0.25) is 0 Å². The van der Waals surface area contributed by atoms with Gasteiger partial charge in [0.05, 0.1) is 12.2 Å². The minimum absolute atomic E-state index is 0.117.